The van der Waals surface area contributed by atoms with E-state index in [0.29, 0.717) is 10.8 Å². The van der Waals surface area contributed by atoms with E-state index < -0.39 is 0 Å². The zero-order valence-electron chi connectivity index (χ0n) is 13.6. The van der Waals surface area contributed by atoms with Crippen molar-refractivity contribution >= 4 is 0 Å². The van der Waals surface area contributed by atoms with Gasteiger partial charge in [0.05, 0.1) is 0 Å². The molecule has 0 radical (unpaired) electrons. The minimum Gasteiger partial charge on any atom is -0.0654 e. The molecule has 0 atom stereocenters. The van der Waals surface area contributed by atoms with Crippen LogP contribution in [0.3, 0.4) is 0 Å². The predicted molar refractivity (Wildman–Crippen MR) is 82.9 cm³/mol. The summed E-state index contributed by atoms with van der Waals surface area (Å²) in [4.78, 5) is 0. The Morgan fingerprint density at radius 3 is 2.00 bits per heavy atom. The summed E-state index contributed by atoms with van der Waals surface area (Å²) in [6.45, 7) is 12.4. The van der Waals surface area contributed by atoms with E-state index in [1.54, 1.807) is 0 Å². The van der Waals surface area contributed by atoms with Gasteiger partial charge >= 0.3 is 0 Å². The molecule has 0 aromatic heterocycles. The first kappa shape index (κ1) is 16.1. The highest BCUT2D eigenvalue weighted by Crippen LogP contribution is 2.51. The lowest BCUT2D eigenvalue weighted by atomic mass is 9.56. The molecule has 0 saturated heterocycles. The Hall–Kier alpha value is 0. The molecular formula is C18H36. The van der Waals surface area contributed by atoms with Crippen LogP contribution in [-0.2, 0) is 0 Å². The van der Waals surface area contributed by atoms with Gasteiger partial charge in [0.25, 0.3) is 0 Å². The summed E-state index contributed by atoms with van der Waals surface area (Å²) in [7, 11) is 0. The van der Waals surface area contributed by atoms with Crippen molar-refractivity contribution < 1.29 is 0 Å². The van der Waals surface area contributed by atoms with Crippen LogP contribution < -0.4 is 0 Å². The average Bonchev–Trinajstić information content (AvgIpc) is 2.35. The van der Waals surface area contributed by atoms with Gasteiger partial charge in [0, 0.05) is 0 Å². The molecule has 0 amide bonds. The van der Waals surface area contributed by atoms with Crippen LogP contribution in [0.2, 0.25) is 0 Å². The first-order chi connectivity index (χ1) is 8.42. The summed E-state index contributed by atoms with van der Waals surface area (Å²) >= 11 is 0. The Bertz CT molecular complexity index is 218. The lowest BCUT2D eigenvalue weighted by molar-refractivity contribution is 0.0107. The van der Waals surface area contributed by atoms with Gasteiger partial charge in [-0.2, -0.15) is 0 Å². The molecule has 1 fully saturated rings. The van der Waals surface area contributed by atoms with Gasteiger partial charge in [0.15, 0.2) is 0 Å². The summed E-state index contributed by atoms with van der Waals surface area (Å²) < 4.78 is 0. The van der Waals surface area contributed by atoms with E-state index in [-0.39, 0.29) is 0 Å². The second-order valence-electron chi connectivity index (χ2n) is 7.75. The van der Waals surface area contributed by atoms with Crippen LogP contribution in [0, 0.1) is 16.7 Å². The molecule has 0 aliphatic heterocycles. The minimum absolute atomic E-state index is 0.503. The smallest absolute Gasteiger partial charge is 0.0275 e. The maximum atomic E-state index is 2.54. The van der Waals surface area contributed by atoms with E-state index in [1.165, 1.54) is 64.2 Å². The first-order valence-corrected chi connectivity index (χ1v) is 8.42. The van der Waals surface area contributed by atoms with Crippen LogP contribution in [0.1, 0.15) is 98.8 Å². The Morgan fingerprint density at radius 2 is 1.44 bits per heavy atom. The molecule has 0 unspecified atom stereocenters. The molecule has 0 bridgehead atoms. The van der Waals surface area contributed by atoms with E-state index in [1.807, 2.05) is 0 Å². The number of rotatable bonds is 7. The molecule has 1 aliphatic rings. The van der Waals surface area contributed by atoms with Crippen molar-refractivity contribution in [3.05, 3.63) is 0 Å². The topological polar surface area (TPSA) is 0 Å². The van der Waals surface area contributed by atoms with Crippen LogP contribution in [0.15, 0.2) is 0 Å². The van der Waals surface area contributed by atoms with E-state index in [4.69, 9.17) is 0 Å². The third-order valence-corrected chi connectivity index (χ3v) is 6.03. The van der Waals surface area contributed by atoms with Gasteiger partial charge in [-0.25, -0.2) is 0 Å². The van der Waals surface area contributed by atoms with Crippen LogP contribution in [-0.4, -0.2) is 0 Å². The monoisotopic (exact) mass is 252 g/mol. The third-order valence-electron chi connectivity index (χ3n) is 6.03. The van der Waals surface area contributed by atoms with E-state index in [0.717, 1.165) is 5.92 Å². The second kappa shape index (κ2) is 6.96. The molecule has 0 aromatic rings. The molecule has 1 rings (SSSR count). The Morgan fingerprint density at radius 1 is 0.833 bits per heavy atom. The molecule has 18 heavy (non-hydrogen) atoms. The Labute approximate surface area is 116 Å². The number of hydrogen-bond acceptors (Lipinski definition) is 0. The van der Waals surface area contributed by atoms with Crippen LogP contribution in [0.4, 0.5) is 0 Å². The first-order valence-electron chi connectivity index (χ1n) is 8.42. The fourth-order valence-corrected chi connectivity index (χ4v) is 3.69. The fraction of sp³-hybridized carbons (Fsp3) is 1.00. The van der Waals surface area contributed by atoms with Crippen LogP contribution in [0.5, 0.6) is 0 Å². The highest BCUT2D eigenvalue weighted by atomic mass is 14.5. The maximum Gasteiger partial charge on any atom is -0.0275 e. The molecular weight excluding hydrogens is 216 g/mol. The van der Waals surface area contributed by atoms with E-state index in [9.17, 15) is 0 Å². The van der Waals surface area contributed by atoms with Crippen molar-refractivity contribution in [2.75, 3.05) is 0 Å². The van der Waals surface area contributed by atoms with Gasteiger partial charge in [-0.15, -0.1) is 0 Å². The zero-order valence-corrected chi connectivity index (χ0v) is 13.6. The lowest BCUT2D eigenvalue weighted by Gasteiger charge is -2.49. The van der Waals surface area contributed by atoms with Crippen molar-refractivity contribution in [2.24, 2.45) is 16.7 Å². The molecule has 1 aliphatic carbocycles. The Kier molecular flexibility index (Phi) is 6.21. The molecule has 0 nitrogen and oxygen atoms in total. The van der Waals surface area contributed by atoms with E-state index >= 15 is 0 Å². The Balaban J connectivity index is 2.51. The predicted octanol–water partition coefficient (Wildman–Crippen LogP) is 6.59. The van der Waals surface area contributed by atoms with Crippen LogP contribution >= 0.6 is 0 Å². The highest BCUT2D eigenvalue weighted by Gasteiger charge is 2.42. The molecule has 0 heteroatoms. The van der Waals surface area contributed by atoms with Gasteiger partial charge in [0.2, 0.25) is 0 Å². The largest absolute Gasteiger partial charge is 0.0654 e. The van der Waals surface area contributed by atoms with Gasteiger partial charge in [0.1, 0.15) is 0 Å². The normalized spacial score (nSPS) is 19.2. The SMILES string of the molecule is CCCCCCC(C)(C)C(C)(C)C1CCCCC1. The summed E-state index contributed by atoms with van der Waals surface area (Å²) in [5, 5.41) is 0. The average molecular weight is 252 g/mol. The van der Waals surface area contributed by atoms with E-state index in [2.05, 4.69) is 34.6 Å². The van der Waals surface area contributed by atoms with Gasteiger partial charge in [-0.1, -0.05) is 79.6 Å². The molecule has 1 saturated carbocycles. The summed E-state index contributed by atoms with van der Waals surface area (Å²) in [6, 6.07) is 0. The summed E-state index contributed by atoms with van der Waals surface area (Å²) in [5.41, 5.74) is 1.02. The number of unbranched alkanes of at least 4 members (excludes halogenated alkanes) is 3. The summed E-state index contributed by atoms with van der Waals surface area (Å²) in [6.07, 6.45) is 14.4. The number of hydrogen-bond donors (Lipinski definition) is 0. The maximum absolute atomic E-state index is 2.54. The summed E-state index contributed by atoms with van der Waals surface area (Å²) in [5.74, 6) is 0.965. The quantitative estimate of drug-likeness (QED) is 0.448. The molecule has 0 aromatic carbocycles. The van der Waals surface area contributed by atoms with Gasteiger partial charge < -0.3 is 0 Å². The zero-order chi connectivity index (χ0) is 13.6. The second-order valence-corrected chi connectivity index (χ2v) is 7.75. The van der Waals surface area contributed by atoms with Crippen molar-refractivity contribution in [1.82, 2.24) is 0 Å². The van der Waals surface area contributed by atoms with Crippen LogP contribution in [0.25, 0.3) is 0 Å². The van der Waals surface area contributed by atoms with Crippen molar-refractivity contribution in [1.29, 1.82) is 0 Å². The minimum atomic E-state index is 0.503. The van der Waals surface area contributed by atoms with Gasteiger partial charge in [-0.3, -0.25) is 0 Å². The molecule has 0 spiro atoms. The van der Waals surface area contributed by atoms with Gasteiger partial charge in [-0.05, 0) is 36.0 Å². The molecule has 0 N–H and O–H groups in total. The van der Waals surface area contributed by atoms with Crippen molar-refractivity contribution in [3.8, 4) is 0 Å². The standard InChI is InChI=1S/C18H36/c1-6-7-8-12-15-17(2,3)18(4,5)16-13-10-9-11-14-16/h16H,6-15H2,1-5H3. The lowest BCUT2D eigenvalue weighted by Crippen LogP contribution is -2.40. The third kappa shape index (κ3) is 4.00. The molecule has 0 heterocycles. The van der Waals surface area contributed by atoms with Crippen molar-refractivity contribution in [3.63, 3.8) is 0 Å². The molecule has 108 valence electrons. The fourth-order valence-electron chi connectivity index (χ4n) is 3.69. The highest BCUT2D eigenvalue weighted by molar-refractivity contribution is 4.92. The van der Waals surface area contributed by atoms with Crippen molar-refractivity contribution in [2.45, 2.75) is 98.8 Å².